The third kappa shape index (κ3) is 8.50. The molecule has 0 aromatic carbocycles. The second kappa shape index (κ2) is 11.3. The van der Waals surface area contributed by atoms with Gasteiger partial charge in [-0.05, 0) is 26.2 Å². The number of ether oxygens (including phenoxy) is 1. The lowest BCUT2D eigenvalue weighted by Gasteiger charge is -2.16. The second-order valence-corrected chi connectivity index (χ2v) is 4.42. The Morgan fingerprint density at radius 1 is 1.00 bits per heavy atom. The number of nitrogens with one attached hydrogen (secondary N) is 2. The first-order chi connectivity index (χ1) is 9.54. The first kappa shape index (κ1) is 18.4. The third-order valence-corrected chi connectivity index (χ3v) is 2.79. The minimum absolute atomic E-state index is 0.0197. The minimum Gasteiger partial charge on any atom is -0.464 e. The molecule has 6 heteroatoms. The van der Waals surface area contributed by atoms with E-state index in [0.29, 0.717) is 32.4 Å². The van der Waals surface area contributed by atoms with Crippen LogP contribution in [0.3, 0.4) is 0 Å². The van der Waals surface area contributed by atoms with Gasteiger partial charge < -0.3 is 15.4 Å². The minimum atomic E-state index is -0.593. The van der Waals surface area contributed by atoms with E-state index in [1.165, 1.54) is 0 Å². The van der Waals surface area contributed by atoms with Crippen LogP contribution in [-0.4, -0.2) is 37.0 Å². The predicted molar refractivity (Wildman–Crippen MR) is 76.0 cm³/mol. The summed E-state index contributed by atoms with van der Waals surface area (Å²) in [6.07, 6.45) is 2.83. The van der Waals surface area contributed by atoms with Gasteiger partial charge in [-0.25, -0.2) is 4.79 Å². The molecule has 0 aliphatic carbocycles. The van der Waals surface area contributed by atoms with E-state index < -0.39 is 12.0 Å². The number of amides is 2. The quantitative estimate of drug-likeness (QED) is 0.466. The van der Waals surface area contributed by atoms with E-state index in [1.807, 2.05) is 0 Å². The monoisotopic (exact) mass is 286 g/mol. The fourth-order valence-corrected chi connectivity index (χ4v) is 1.61. The van der Waals surface area contributed by atoms with Crippen LogP contribution >= 0.6 is 0 Å². The van der Waals surface area contributed by atoms with Gasteiger partial charge in [0, 0.05) is 19.4 Å². The molecular weight excluding hydrogens is 260 g/mol. The van der Waals surface area contributed by atoms with Crippen LogP contribution in [0, 0.1) is 0 Å². The molecule has 0 spiro atoms. The molecule has 2 amide bonds. The van der Waals surface area contributed by atoms with E-state index in [9.17, 15) is 14.4 Å². The molecule has 0 radical (unpaired) electrons. The van der Waals surface area contributed by atoms with Crippen LogP contribution in [0.25, 0.3) is 0 Å². The number of unbranched alkanes of at least 4 members (excludes halogenated alkanes) is 1. The lowest BCUT2D eigenvalue weighted by molar-refractivity contribution is -0.147. The number of esters is 1. The molecule has 1 atom stereocenters. The Morgan fingerprint density at radius 3 is 2.20 bits per heavy atom. The Kier molecular flexibility index (Phi) is 10.4. The van der Waals surface area contributed by atoms with Crippen LogP contribution in [0.4, 0.5) is 0 Å². The van der Waals surface area contributed by atoms with E-state index in [4.69, 9.17) is 4.74 Å². The van der Waals surface area contributed by atoms with Crippen LogP contribution in [0.5, 0.6) is 0 Å². The van der Waals surface area contributed by atoms with Gasteiger partial charge in [-0.1, -0.05) is 13.8 Å². The average Bonchev–Trinajstić information content (AvgIpc) is 2.45. The molecule has 0 saturated heterocycles. The highest BCUT2D eigenvalue weighted by molar-refractivity contribution is 5.84. The second-order valence-electron chi connectivity index (χ2n) is 4.42. The smallest absolute Gasteiger partial charge is 0.328 e. The SMILES string of the molecule is CCOC(=O)C(CCCCNC(=O)CC)NC(=O)CC. The number of hydrogen-bond donors (Lipinski definition) is 2. The number of rotatable bonds is 10. The van der Waals surface area contributed by atoms with Gasteiger partial charge in [0.2, 0.25) is 11.8 Å². The van der Waals surface area contributed by atoms with Crippen molar-refractivity contribution in [1.29, 1.82) is 0 Å². The zero-order chi connectivity index (χ0) is 15.4. The van der Waals surface area contributed by atoms with Crippen molar-refractivity contribution in [2.75, 3.05) is 13.2 Å². The summed E-state index contributed by atoms with van der Waals surface area (Å²) < 4.78 is 4.94. The van der Waals surface area contributed by atoms with Crippen molar-refractivity contribution in [2.24, 2.45) is 0 Å². The maximum Gasteiger partial charge on any atom is 0.328 e. The van der Waals surface area contributed by atoms with Gasteiger partial charge in [0.25, 0.3) is 0 Å². The standard InChI is InChI=1S/C14H26N2O4/c1-4-12(17)15-10-8-7-9-11(14(19)20-6-3)16-13(18)5-2/h11H,4-10H2,1-3H3,(H,15,17)(H,16,18). The Labute approximate surface area is 120 Å². The number of carbonyl (C=O) groups is 3. The fraction of sp³-hybridized carbons (Fsp3) is 0.786. The summed E-state index contributed by atoms with van der Waals surface area (Å²) in [5, 5.41) is 5.43. The van der Waals surface area contributed by atoms with Gasteiger partial charge in [0.1, 0.15) is 6.04 Å². The molecule has 0 aliphatic rings. The molecule has 0 aromatic heterocycles. The van der Waals surface area contributed by atoms with Crippen LogP contribution in [0.1, 0.15) is 52.9 Å². The normalized spacial score (nSPS) is 11.6. The maximum atomic E-state index is 11.7. The van der Waals surface area contributed by atoms with Crippen molar-refractivity contribution in [3.63, 3.8) is 0 Å². The van der Waals surface area contributed by atoms with Gasteiger partial charge in [0.05, 0.1) is 6.61 Å². The largest absolute Gasteiger partial charge is 0.464 e. The first-order valence-corrected chi connectivity index (χ1v) is 7.27. The molecular formula is C14H26N2O4. The molecule has 20 heavy (non-hydrogen) atoms. The zero-order valence-corrected chi connectivity index (χ0v) is 12.7. The summed E-state index contributed by atoms with van der Waals surface area (Å²) in [5.74, 6) is -0.541. The molecule has 0 heterocycles. The predicted octanol–water partition coefficient (Wildman–Crippen LogP) is 1.14. The van der Waals surface area contributed by atoms with E-state index in [2.05, 4.69) is 10.6 Å². The molecule has 0 bridgehead atoms. The molecule has 0 aliphatic heterocycles. The van der Waals surface area contributed by atoms with Crippen LogP contribution in [0.15, 0.2) is 0 Å². The molecule has 0 aromatic rings. The summed E-state index contributed by atoms with van der Waals surface area (Å²) in [4.78, 5) is 34.1. The van der Waals surface area contributed by atoms with E-state index in [-0.39, 0.29) is 11.8 Å². The van der Waals surface area contributed by atoms with Gasteiger partial charge in [-0.2, -0.15) is 0 Å². The summed E-state index contributed by atoms with van der Waals surface area (Å²) in [6.45, 7) is 6.15. The average molecular weight is 286 g/mol. The molecule has 2 N–H and O–H groups in total. The van der Waals surface area contributed by atoms with Gasteiger partial charge in [-0.3, -0.25) is 9.59 Å². The highest BCUT2D eigenvalue weighted by Gasteiger charge is 2.20. The molecule has 0 fully saturated rings. The fourth-order valence-electron chi connectivity index (χ4n) is 1.61. The van der Waals surface area contributed by atoms with Crippen molar-refractivity contribution in [1.82, 2.24) is 10.6 Å². The first-order valence-electron chi connectivity index (χ1n) is 7.27. The highest BCUT2D eigenvalue weighted by Crippen LogP contribution is 2.03. The molecule has 1 unspecified atom stereocenters. The Balaban J connectivity index is 4.06. The lowest BCUT2D eigenvalue weighted by Crippen LogP contribution is -2.41. The van der Waals surface area contributed by atoms with E-state index in [0.717, 1.165) is 12.8 Å². The Morgan fingerprint density at radius 2 is 1.65 bits per heavy atom. The van der Waals surface area contributed by atoms with Gasteiger partial charge in [0.15, 0.2) is 0 Å². The topological polar surface area (TPSA) is 84.5 Å². The van der Waals surface area contributed by atoms with Crippen molar-refractivity contribution in [3.8, 4) is 0 Å². The summed E-state index contributed by atoms with van der Waals surface area (Å²) >= 11 is 0. The van der Waals surface area contributed by atoms with E-state index >= 15 is 0 Å². The molecule has 116 valence electrons. The summed E-state index contributed by atoms with van der Waals surface area (Å²) in [7, 11) is 0. The highest BCUT2D eigenvalue weighted by atomic mass is 16.5. The third-order valence-electron chi connectivity index (χ3n) is 2.79. The van der Waals surface area contributed by atoms with Crippen molar-refractivity contribution >= 4 is 17.8 Å². The van der Waals surface area contributed by atoms with Crippen LogP contribution in [-0.2, 0) is 19.1 Å². The zero-order valence-electron chi connectivity index (χ0n) is 12.7. The van der Waals surface area contributed by atoms with Crippen molar-refractivity contribution in [3.05, 3.63) is 0 Å². The molecule has 6 nitrogen and oxygen atoms in total. The van der Waals surface area contributed by atoms with Crippen LogP contribution in [0.2, 0.25) is 0 Å². The van der Waals surface area contributed by atoms with Gasteiger partial charge >= 0.3 is 5.97 Å². The van der Waals surface area contributed by atoms with Crippen molar-refractivity contribution < 1.29 is 19.1 Å². The number of hydrogen-bond acceptors (Lipinski definition) is 4. The maximum absolute atomic E-state index is 11.7. The Hall–Kier alpha value is -1.59. The van der Waals surface area contributed by atoms with Crippen LogP contribution < -0.4 is 10.6 Å². The number of carbonyl (C=O) groups excluding carboxylic acids is 3. The van der Waals surface area contributed by atoms with Gasteiger partial charge in [-0.15, -0.1) is 0 Å². The molecule has 0 rings (SSSR count). The summed E-state index contributed by atoms with van der Waals surface area (Å²) in [5.41, 5.74) is 0. The van der Waals surface area contributed by atoms with E-state index in [1.54, 1.807) is 20.8 Å². The molecule has 0 saturated carbocycles. The Bertz CT molecular complexity index is 318. The van der Waals surface area contributed by atoms with Crippen molar-refractivity contribution in [2.45, 2.75) is 58.9 Å². The lowest BCUT2D eigenvalue weighted by atomic mass is 10.1. The summed E-state index contributed by atoms with van der Waals surface area (Å²) in [6, 6.07) is -0.593.